The first-order valence-corrected chi connectivity index (χ1v) is 4.87. The Hall–Kier alpha value is -2.18. The van der Waals surface area contributed by atoms with Crippen LogP contribution in [0, 0.1) is 20.2 Å². The molecule has 0 radical (unpaired) electrons. The summed E-state index contributed by atoms with van der Waals surface area (Å²) in [5, 5.41) is 21.5. The quantitative estimate of drug-likeness (QED) is 0.483. The predicted octanol–water partition coefficient (Wildman–Crippen LogP) is 2.38. The molecule has 0 atom stereocenters. The maximum atomic E-state index is 10.8. The van der Waals surface area contributed by atoms with Gasteiger partial charge >= 0.3 is 0 Å². The number of nitrogens with zero attached hydrogens (tertiary/aromatic N) is 2. The van der Waals surface area contributed by atoms with Crippen molar-refractivity contribution in [3.63, 3.8) is 0 Å². The van der Waals surface area contributed by atoms with E-state index in [0.717, 1.165) is 6.07 Å². The van der Waals surface area contributed by atoms with Crippen molar-refractivity contribution in [1.29, 1.82) is 0 Å². The van der Waals surface area contributed by atoms with E-state index in [0.29, 0.717) is 5.56 Å². The highest BCUT2D eigenvalue weighted by atomic mass is 16.6. The van der Waals surface area contributed by atoms with E-state index in [1.165, 1.54) is 6.07 Å². The minimum absolute atomic E-state index is 0.0203. The average Bonchev–Trinajstić information content (AvgIpc) is 2.15. The molecule has 0 unspecified atom stereocenters. The van der Waals surface area contributed by atoms with Gasteiger partial charge in [0.05, 0.1) is 15.9 Å². The Morgan fingerprint density at radius 2 is 1.65 bits per heavy atom. The zero-order chi connectivity index (χ0) is 13.4. The SMILES string of the molecule is CC(C)(C)c1cc([N+](=O)[O-])cc([N+](=O)[O-])c1N. The lowest BCUT2D eigenvalue weighted by molar-refractivity contribution is -0.393. The van der Waals surface area contributed by atoms with Crippen LogP contribution in [0.5, 0.6) is 0 Å². The van der Waals surface area contributed by atoms with Crippen molar-refractivity contribution < 1.29 is 9.85 Å². The normalized spacial score (nSPS) is 11.2. The van der Waals surface area contributed by atoms with Crippen LogP contribution in [-0.2, 0) is 5.41 Å². The van der Waals surface area contributed by atoms with Gasteiger partial charge in [0, 0.05) is 6.07 Å². The molecule has 1 aromatic carbocycles. The zero-order valence-corrected chi connectivity index (χ0v) is 9.76. The molecule has 0 heterocycles. The van der Waals surface area contributed by atoms with Gasteiger partial charge < -0.3 is 5.73 Å². The summed E-state index contributed by atoms with van der Waals surface area (Å²) in [7, 11) is 0. The van der Waals surface area contributed by atoms with E-state index in [2.05, 4.69) is 0 Å². The molecule has 0 aliphatic carbocycles. The van der Waals surface area contributed by atoms with Crippen LogP contribution < -0.4 is 5.73 Å². The van der Waals surface area contributed by atoms with Gasteiger partial charge in [-0.05, 0) is 11.0 Å². The first-order chi connectivity index (χ1) is 7.64. The maximum absolute atomic E-state index is 10.8. The molecule has 0 fully saturated rings. The van der Waals surface area contributed by atoms with Gasteiger partial charge in [0.1, 0.15) is 5.69 Å². The molecule has 0 aromatic heterocycles. The highest BCUT2D eigenvalue weighted by molar-refractivity contribution is 5.69. The number of hydrogen-bond donors (Lipinski definition) is 1. The van der Waals surface area contributed by atoms with E-state index in [1.807, 2.05) is 0 Å². The van der Waals surface area contributed by atoms with Crippen LogP contribution in [0.1, 0.15) is 26.3 Å². The maximum Gasteiger partial charge on any atom is 0.299 e. The second-order valence-corrected chi connectivity index (χ2v) is 4.69. The van der Waals surface area contributed by atoms with Crippen molar-refractivity contribution in [2.75, 3.05) is 5.73 Å². The molecule has 0 aliphatic heterocycles. The van der Waals surface area contributed by atoms with E-state index in [-0.39, 0.29) is 11.4 Å². The van der Waals surface area contributed by atoms with Crippen LogP contribution in [0.4, 0.5) is 17.1 Å². The third-order valence-electron chi connectivity index (χ3n) is 2.36. The Balaban J connectivity index is 3.60. The summed E-state index contributed by atoms with van der Waals surface area (Å²) in [5.74, 6) is 0. The molecule has 1 rings (SSSR count). The van der Waals surface area contributed by atoms with Gasteiger partial charge in [-0.2, -0.15) is 0 Å². The fourth-order valence-corrected chi connectivity index (χ4v) is 1.50. The zero-order valence-electron chi connectivity index (χ0n) is 9.76. The molecule has 1 aromatic rings. The molecule has 0 bridgehead atoms. The third kappa shape index (κ3) is 2.49. The molecular weight excluding hydrogens is 226 g/mol. The van der Waals surface area contributed by atoms with Crippen LogP contribution in [0.15, 0.2) is 12.1 Å². The lowest BCUT2D eigenvalue weighted by atomic mass is 9.85. The van der Waals surface area contributed by atoms with E-state index in [1.54, 1.807) is 20.8 Å². The molecular formula is C10H13N3O4. The number of anilines is 1. The Kier molecular flexibility index (Phi) is 3.03. The Bertz CT molecular complexity index is 491. The summed E-state index contributed by atoms with van der Waals surface area (Å²) in [6.45, 7) is 5.35. The van der Waals surface area contributed by atoms with E-state index < -0.39 is 20.9 Å². The lowest BCUT2D eigenvalue weighted by Gasteiger charge is -2.20. The summed E-state index contributed by atoms with van der Waals surface area (Å²) < 4.78 is 0. The fraction of sp³-hybridized carbons (Fsp3) is 0.400. The van der Waals surface area contributed by atoms with E-state index in [9.17, 15) is 20.2 Å². The smallest absolute Gasteiger partial charge is 0.299 e. The highest BCUT2D eigenvalue weighted by Gasteiger charge is 2.27. The number of nitro benzene ring substituents is 2. The molecule has 0 saturated heterocycles. The monoisotopic (exact) mass is 239 g/mol. The van der Waals surface area contributed by atoms with E-state index >= 15 is 0 Å². The number of hydrogen-bond acceptors (Lipinski definition) is 5. The number of rotatable bonds is 2. The first-order valence-electron chi connectivity index (χ1n) is 4.87. The average molecular weight is 239 g/mol. The second-order valence-electron chi connectivity index (χ2n) is 4.69. The van der Waals surface area contributed by atoms with Gasteiger partial charge in [-0.15, -0.1) is 0 Å². The molecule has 0 aliphatic rings. The summed E-state index contributed by atoms with van der Waals surface area (Å²) in [4.78, 5) is 20.1. The Morgan fingerprint density at radius 1 is 1.12 bits per heavy atom. The molecule has 0 amide bonds. The van der Waals surface area contributed by atoms with Gasteiger partial charge in [-0.25, -0.2) is 0 Å². The summed E-state index contributed by atoms with van der Waals surface area (Å²) in [6, 6.07) is 2.16. The largest absolute Gasteiger partial charge is 0.393 e. The van der Waals surface area contributed by atoms with Crippen molar-refractivity contribution in [3.8, 4) is 0 Å². The minimum atomic E-state index is -0.711. The lowest BCUT2D eigenvalue weighted by Crippen LogP contribution is -2.15. The molecule has 7 nitrogen and oxygen atoms in total. The van der Waals surface area contributed by atoms with Crippen molar-refractivity contribution in [2.24, 2.45) is 0 Å². The molecule has 0 spiro atoms. The second kappa shape index (κ2) is 4.00. The standard InChI is InChI=1S/C10H13N3O4/c1-10(2,3)7-4-6(12(14)15)5-8(9(7)11)13(16)17/h4-5H,11H2,1-3H3. The van der Waals surface area contributed by atoms with Crippen LogP contribution >= 0.6 is 0 Å². The van der Waals surface area contributed by atoms with Gasteiger partial charge in [0.25, 0.3) is 11.4 Å². The van der Waals surface area contributed by atoms with Crippen LogP contribution in [0.2, 0.25) is 0 Å². The van der Waals surface area contributed by atoms with E-state index in [4.69, 9.17) is 5.73 Å². The Labute approximate surface area is 97.5 Å². The number of benzene rings is 1. The van der Waals surface area contributed by atoms with Gasteiger partial charge in [0.15, 0.2) is 0 Å². The fourth-order valence-electron chi connectivity index (χ4n) is 1.50. The summed E-state index contributed by atoms with van der Waals surface area (Å²) >= 11 is 0. The van der Waals surface area contributed by atoms with Crippen LogP contribution in [0.25, 0.3) is 0 Å². The highest BCUT2D eigenvalue weighted by Crippen LogP contribution is 2.37. The molecule has 7 heteroatoms. The third-order valence-corrected chi connectivity index (χ3v) is 2.36. The summed E-state index contributed by atoms with van der Waals surface area (Å²) in [5.41, 5.74) is 4.81. The van der Waals surface area contributed by atoms with Crippen LogP contribution in [0.3, 0.4) is 0 Å². The van der Waals surface area contributed by atoms with Crippen molar-refractivity contribution in [1.82, 2.24) is 0 Å². The molecule has 2 N–H and O–H groups in total. The molecule has 0 saturated carbocycles. The van der Waals surface area contributed by atoms with Gasteiger partial charge in [-0.3, -0.25) is 20.2 Å². The van der Waals surface area contributed by atoms with Crippen LogP contribution in [-0.4, -0.2) is 9.85 Å². The minimum Gasteiger partial charge on any atom is -0.393 e. The van der Waals surface area contributed by atoms with Crippen molar-refractivity contribution >= 4 is 17.1 Å². The van der Waals surface area contributed by atoms with Gasteiger partial charge in [-0.1, -0.05) is 20.8 Å². The van der Waals surface area contributed by atoms with Crippen molar-refractivity contribution in [2.45, 2.75) is 26.2 Å². The molecule has 17 heavy (non-hydrogen) atoms. The van der Waals surface area contributed by atoms with Crippen molar-refractivity contribution in [3.05, 3.63) is 37.9 Å². The number of nitro groups is 2. The topological polar surface area (TPSA) is 112 Å². The number of nitrogens with two attached hydrogens (primary N) is 1. The number of nitrogen functional groups attached to an aromatic ring is 1. The number of non-ortho nitro benzene ring substituents is 1. The Morgan fingerprint density at radius 3 is 2.00 bits per heavy atom. The first kappa shape index (κ1) is 12.9. The predicted molar refractivity (Wildman–Crippen MR) is 62.9 cm³/mol. The molecule has 92 valence electrons. The summed E-state index contributed by atoms with van der Waals surface area (Å²) in [6.07, 6.45) is 0. The van der Waals surface area contributed by atoms with Gasteiger partial charge in [0.2, 0.25) is 0 Å².